The Morgan fingerprint density at radius 1 is 0.913 bits per heavy atom. The Morgan fingerprint density at radius 2 is 1.74 bits per heavy atom. The molecule has 0 atom stereocenters. The molecule has 0 fully saturated rings. The largest absolute Gasteiger partial charge is 0.489 e. The highest BCUT2D eigenvalue weighted by Crippen LogP contribution is 2.34. The van der Waals surface area contributed by atoms with Crippen LogP contribution in [-0.4, -0.2) is 38.5 Å². The maximum Gasteiger partial charge on any atom is 0.146 e. The predicted octanol–water partition coefficient (Wildman–Crippen LogP) is 3.93. The summed E-state index contributed by atoms with van der Waals surface area (Å²) in [5.74, 6) is 0.941. The Balaban J connectivity index is 1.84. The summed E-state index contributed by atoms with van der Waals surface area (Å²) < 4.78 is 16.5. The van der Waals surface area contributed by atoms with Crippen LogP contribution >= 0.6 is 0 Å². The summed E-state index contributed by atoms with van der Waals surface area (Å²) in [7, 11) is 1.67. The number of para-hydroxylation sites is 1. The van der Waals surface area contributed by atoms with E-state index >= 15 is 0 Å². The van der Waals surface area contributed by atoms with Gasteiger partial charge in [-0.05, 0) is 18.1 Å². The van der Waals surface area contributed by atoms with Crippen LogP contribution in [0.4, 0.5) is 0 Å². The summed E-state index contributed by atoms with van der Waals surface area (Å²) in [6, 6.07) is 12.7. The van der Waals surface area contributed by atoms with Crippen LogP contribution in [0, 0.1) is 0 Å². The van der Waals surface area contributed by atoms with Crippen LogP contribution in [0.5, 0.6) is 5.75 Å². The van der Waals surface area contributed by atoms with Gasteiger partial charge in [-0.15, -0.1) is 0 Å². The molecule has 0 bridgehead atoms. The average Bonchev–Trinajstić information content (AvgIpc) is 2.97. The van der Waals surface area contributed by atoms with Gasteiger partial charge < -0.3 is 19.2 Å². The first kappa shape index (κ1) is 15.8. The first-order valence-corrected chi connectivity index (χ1v) is 8.07. The number of H-pyrrole nitrogens is 1. The van der Waals surface area contributed by atoms with Gasteiger partial charge in [-0.25, -0.2) is 0 Å². The lowest BCUT2D eigenvalue weighted by Gasteiger charge is -2.12. The van der Waals surface area contributed by atoms with Crippen LogP contribution in [-0.2, 0) is 15.9 Å². The van der Waals surface area contributed by atoms with Gasteiger partial charge in [-0.3, -0.25) is 0 Å². The number of hydrogen-bond acceptors (Lipinski definition) is 3. The molecular weight excluding hydrogens is 290 g/mol. The number of ether oxygens (including phenoxy) is 3. The van der Waals surface area contributed by atoms with Crippen LogP contribution in [0.1, 0.15) is 12.5 Å². The van der Waals surface area contributed by atoms with Crippen molar-refractivity contribution < 1.29 is 14.2 Å². The van der Waals surface area contributed by atoms with Gasteiger partial charge in [0.05, 0.1) is 25.3 Å². The number of benzene rings is 2. The molecule has 1 aromatic heterocycles. The van der Waals surface area contributed by atoms with Gasteiger partial charge in [0.2, 0.25) is 0 Å². The molecule has 3 rings (SSSR count). The van der Waals surface area contributed by atoms with Gasteiger partial charge in [0.25, 0.3) is 0 Å². The van der Waals surface area contributed by atoms with Gasteiger partial charge in [0, 0.05) is 23.4 Å². The van der Waals surface area contributed by atoms with E-state index in [1.54, 1.807) is 7.11 Å². The number of hydrogen-bond donors (Lipinski definition) is 1. The quantitative estimate of drug-likeness (QED) is 0.641. The SMILES string of the molecule is CCc1ccc2c([nH]c3ccccc32)c1OCCOCCOC. The van der Waals surface area contributed by atoms with E-state index in [9.17, 15) is 0 Å². The number of methoxy groups -OCH3 is 1. The van der Waals surface area contributed by atoms with Crippen molar-refractivity contribution in [1.82, 2.24) is 4.98 Å². The molecule has 0 aliphatic heterocycles. The molecule has 0 aliphatic carbocycles. The molecule has 23 heavy (non-hydrogen) atoms. The molecule has 4 nitrogen and oxygen atoms in total. The second kappa shape index (κ2) is 7.49. The third-order valence-electron chi connectivity index (χ3n) is 4.00. The third kappa shape index (κ3) is 3.33. The highest BCUT2D eigenvalue weighted by Gasteiger charge is 2.12. The lowest BCUT2D eigenvalue weighted by molar-refractivity contribution is 0.0545. The molecule has 0 spiro atoms. The molecule has 0 unspecified atom stereocenters. The summed E-state index contributed by atoms with van der Waals surface area (Å²) in [6.45, 7) is 4.44. The number of fused-ring (bicyclic) bond motifs is 3. The topological polar surface area (TPSA) is 43.5 Å². The first-order chi connectivity index (χ1) is 11.3. The molecule has 0 aliphatic rings. The van der Waals surface area contributed by atoms with E-state index in [0.717, 1.165) is 23.2 Å². The predicted molar refractivity (Wildman–Crippen MR) is 93.4 cm³/mol. The second-order valence-electron chi connectivity index (χ2n) is 5.45. The first-order valence-electron chi connectivity index (χ1n) is 8.07. The highest BCUT2D eigenvalue weighted by atomic mass is 16.5. The summed E-state index contributed by atoms with van der Waals surface area (Å²) in [4.78, 5) is 3.50. The van der Waals surface area contributed by atoms with E-state index in [1.807, 2.05) is 6.07 Å². The van der Waals surface area contributed by atoms with Gasteiger partial charge >= 0.3 is 0 Å². The van der Waals surface area contributed by atoms with Crippen molar-refractivity contribution >= 4 is 21.8 Å². The van der Waals surface area contributed by atoms with Crippen LogP contribution in [0.15, 0.2) is 36.4 Å². The van der Waals surface area contributed by atoms with E-state index < -0.39 is 0 Å². The lowest BCUT2D eigenvalue weighted by atomic mass is 10.1. The Bertz CT molecular complexity index is 779. The number of aromatic nitrogens is 1. The Morgan fingerprint density at radius 3 is 2.57 bits per heavy atom. The molecule has 0 amide bonds. The average molecular weight is 313 g/mol. The van der Waals surface area contributed by atoms with Crippen molar-refractivity contribution in [2.24, 2.45) is 0 Å². The van der Waals surface area contributed by atoms with Gasteiger partial charge in [0.1, 0.15) is 12.4 Å². The number of rotatable bonds is 8. The number of aromatic amines is 1. The normalized spacial score (nSPS) is 11.4. The molecule has 2 aromatic carbocycles. The third-order valence-corrected chi connectivity index (χ3v) is 4.00. The minimum Gasteiger partial charge on any atom is -0.489 e. The zero-order valence-electron chi connectivity index (χ0n) is 13.7. The zero-order chi connectivity index (χ0) is 16.1. The molecule has 4 heteroatoms. The summed E-state index contributed by atoms with van der Waals surface area (Å²) in [5.41, 5.74) is 3.42. The monoisotopic (exact) mass is 313 g/mol. The minimum absolute atomic E-state index is 0.533. The minimum atomic E-state index is 0.533. The Hall–Kier alpha value is -2.04. The molecule has 1 heterocycles. The Kier molecular flexibility index (Phi) is 5.16. The molecule has 122 valence electrons. The summed E-state index contributed by atoms with van der Waals surface area (Å²) in [5, 5.41) is 2.43. The lowest BCUT2D eigenvalue weighted by Crippen LogP contribution is -2.11. The zero-order valence-corrected chi connectivity index (χ0v) is 13.7. The molecule has 0 radical (unpaired) electrons. The molecule has 0 saturated heterocycles. The van der Waals surface area contributed by atoms with Gasteiger partial charge in [0.15, 0.2) is 0 Å². The Labute approximate surface area is 136 Å². The van der Waals surface area contributed by atoms with Crippen LogP contribution in [0.2, 0.25) is 0 Å². The van der Waals surface area contributed by atoms with Gasteiger partial charge in [-0.2, -0.15) is 0 Å². The van der Waals surface area contributed by atoms with Crippen molar-refractivity contribution in [2.45, 2.75) is 13.3 Å². The maximum absolute atomic E-state index is 6.05. The van der Waals surface area contributed by atoms with E-state index in [4.69, 9.17) is 14.2 Å². The second-order valence-corrected chi connectivity index (χ2v) is 5.45. The fourth-order valence-corrected chi connectivity index (χ4v) is 2.83. The van der Waals surface area contributed by atoms with Crippen molar-refractivity contribution in [2.75, 3.05) is 33.5 Å². The highest BCUT2D eigenvalue weighted by molar-refractivity contribution is 6.09. The van der Waals surface area contributed by atoms with Crippen molar-refractivity contribution in [3.05, 3.63) is 42.0 Å². The number of aryl methyl sites for hydroxylation is 1. The van der Waals surface area contributed by atoms with E-state index in [-0.39, 0.29) is 0 Å². The summed E-state index contributed by atoms with van der Waals surface area (Å²) >= 11 is 0. The number of nitrogens with one attached hydrogen (secondary N) is 1. The molecular formula is C19H23NO3. The molecule has 0 saturated carbocycles. The van der Waals surface area contributed by atoms with Crippen LogP contribution < -0.4 is 4.74 Å². The van der Waals surface area contributed by atoms with Gasteiger partial charge in [-0.1, -0.05) is 37.3 Å². The van der Waals surface area contributed by atoms with E-state index in [0.29, 0.717) is 26.4 Å². The van der Waals surface area contributed by atoms with Crippen molar-refractivity contribution in [3.8, 4) is 5.75 Å². The van der Waals surface area contributed by atoms with Crippen LogP contribution in [0.25, 0.3) is 21.8 Å². The van der Waals surface area contributed by atoms with E-state index in [2.05, 4.69) is 42.2 Å². The van der Waals surface area contributed by atoms with Crippen molar-refractivity contribution in [1.29, 1.82) is 0 Å². The fourth-order valence-electron chi connectivity index (χ4n) is 2.83. The maximum atomic E-state index is 6.05. The standard InChI is InChI=1S/C19H23NO3/c1-3-14-8-9-16-15-6-4-5-7-17(15)20-18(16)19(14)23-13-12-22-11-10-21-2/h4-9,20H,3,10-13H2,1-2H3. The summed E-state index contributed by atoms with van der Waals surface area (Å²) in [6.07, 6.45) is 0.936. The van der Waals surface area contributed by atoms with Crippen LogP contribution in [0.3, 0.4) is 0 Å². The fraction of sp³-hybridized carbons (Fsp3) is 0.368. The molecule has 3 aromatic rings. The van der Waals surface area contributed by atoms with E-state index in [1.165, 1.54) is 16.3 Å². The van der Waals surface area contributed by atoms with Crippen molar-refractivity contribution in [3.63, 3.8) is 0 Å². The molecule has 1 N–H and O–H groups in total. The smallest absolute Gasteiger partial charge is 0.146 e.